The van der Waals surface area contributed by atoms with Gasteiger partial charge in [0, 0.05) is 77.8 Å². The molecule has 0 fully saturated rings. The fourth-order valence-electron chi connectivity index (χ4n) is 17.1. The lowest BCUT2D eigenvalue weighted by molar-refractivity contribution is 0.568. The van der Waals surface area contributed by atoms with Crippen LogP contribution in [-0.2, 0) is 21.7 Å². The monoisotopic (exact) mass is 1440 g/mol. The summed E-state index contributed by atoms with van der Waals surface area (Å²) in [7, 11) is 0. The van der Waals surface area contributed by atoms with Gasteiger partial charge in [0.15, 0.2) is 0 Å². The summed E-state index contributed by atoms with van der Waals surface area (Å²) in [5.74, 6) is 0. The summed E-state index contributed by atoms with van der Waals surface area (Å²) in [6, 6.07) is 97.8. The molecule has 2 aromatic heterocycles. The maximum Gasteiger partial charge on any atom is 0.252 e. The van der Waals surface area contributed by atoms with E-state index in [1.54, 1.807) is 4.57 Å². The van der Waals surface area contributed by atoms with Crippen molar-refractivity contribution in [2.24, 2.45) is 0 Å². The van der Waals surface area contributed by atoms with Crippen molar-refractivity contribution in [1.29, 1.82) is 0 Å². The lowest BCUT2D eigenvalue weighted by Crippen LogP contribution is -2.61. The molecule has 0 saturated heterocycles. The van der Waals surface area contributed by atoms with E-state index in [4.69, 9.17) is 7.16 Å². The maximum atomic E-state index is 9.96. The molecule has 5 heteroatoms. The van der Waals surface area contributed by atoms with Gasteiger partial charge in [-0.25, -0.2) is 0 Å². The summed E-state index contributed by atoms with van der Waals surface area (Å²) in [5, 5.41) is 1.95. The van der Waals surface area contributed by atoms with Crippen LogP contribution in [0.25, 0.3) is 127 Å². The van der Waals surface area contributed by atoms with E-state index in [9.17, 15) is 8.22 Å². The van der Waals surface area contributed by atoms with Crippen LogP contribution in [0.3, 0.4) is 0 Å². The quantitative estimate of drug-likeness (QED) is 0.128. The van der Waals surface area contributed by atoms with Crippen LogP contribution in [0, 0.1) is 0 Å². The minimum absolute atomic E-state index is 0.0000814. The Morgan fingerprint density at radius 2 is 0.676 bits per heavy atom. The second-order valence-corrected chi connectivity index (χ2v) is 34.3. The number of nitrogens with zero attached hydrogens (tertiary/aromatic N) is 3. The molecule has 19 rings (SSSR count). The van der Waals surface area contributed by atoms with E-state index in [-0.39, 0.29) is 55.6 Å². The van der Waals surface area contributed by atoms with Crippen molar-refractivity contribution in [3.05, 3.63) is 350 Å². The third-order valence-electron chi connectivity index (χ3n) is 23.0. The van der Waals surface area contributed by atoms with Gasteiger partial charge in [-0.1, -0.05) is 350 Å². The van der Waals surface area contributed by atoms with Gasteiger partial charge in [-0.2, -0.15) is 0 Å². The maximum absolute atomic E-state index is 9.96. The van der Waals surface area contributed by atoms with Crippen LogP contribution in [0.2, 0.25) is 0 Å². The van der Waals surface area contributed by atoms with E-state index in [2.05, 4.69) is 348 Å². The Balaban J connectivity index is 1.04. The number of para-hydroxylation sites is 5. The molecule has 0 saturated carbocycles. The Morgan fingerprint density at radius 3 is 1.14 bits per heavy atom. The van der Waals surface area contributed by atoms with Crippen molar-refractivity contribution in [3.63, 3.8) is 0 Å². The van der Waals surface area contributed by atoms with Gasteiger partial charge in [-0.15, -0.1) is 0 Å². The molecule has 0 bridgehead atoms. The number of anilines is 6. The summed E-state index contributed by atoms with van der Waals surface area (Å²) in [6.45, 7) is 26.9. The molecule has 0 aliphatic carbocycles. The topological polar surface area (TPSA) is 24.6 Å². The fraction of sp³-hybridized carbons (Fsp3) is 0.151. The van der Waals surface area contributed by atoms with Gasteiger partial charge in [-0.05, 0) is 171 Å². The second kappa shape index (κ2) is 26.1. The lowest BCUT2D eigenvalue weighted by atomic mass is 9.33. The molecular weight excluding hydrogens is 1340 g/mol. The molecule has 0 radical (unpaired) electrons. The Morgan fingerprint density at radius 1 is 0.288 bits per heavy atom. The highest BCUT2D eigenvalue weighted by Gasteiger charge is 2.46. The molecule has 4 nitrogen and oxygen atoms in total. The molecule has 111 heavy (non-hydrogen) atoms. The number of hydrogen-bond acceptors (Lipinski definition) is 3. The first-order valence-corrected chi connectivity index (χ1v) is 38.7. The highest BCUT2D eigenvalue weighted by molar-refractivity contribution is 7.00. The molecule has 0 amide bonds. The fourth-order valence-corrected chi connectivity index (χ4v) is 17.1. The predicted octanol–water partition coefficient (Wildman–Crippen LogP) is 27.6. The second-order valence-electron chi connectivity index (χ2n) is 34.3. The summed E-state index contributed by atoms with van der Waals surface area (Å²) >= 11 is 0. The van der Waals surface area contributed by atoms with Crippen LogP contribution in [0.5, 0.6) is 0 Å². The minimum atomic E-state index is -0.548. The summed E-state index contributed by atoms with van der Waals surface area (Å²) in [5.41, 5.74) is 28.2. The van der Waals surface area contributed by atoms with Gasteiger partial charge < -0.3 is 18.8 Å². The molecule has 4 heterocycles. The molecule has 0 spiro atoms. The van der Waals surface area contributed by atoms with E-state index in [0.717, 1.165) is 150 Å². The van der Waals surface area contributed by atoms with Crippen LogP contribution in [0.15, 0.2) is 332 Å². The zero-order chi connectivity index (χ0) is 82.9. The highest BCUT2D eigenvalue weighted by Crippen LogP contribution is 2.56. The zero-order valence-corrected chi connectivity index (χ0v) is 64.9. The SMILES string of the molecule is [2H]c1c([2H])c([2H])c2c(c1[2H])c1c([2H])c([2H])c([2H])c([2H])c1n2-c1ccc2c(c1)N(c1c(-c3ccccc3)cccc1-c1ccccc1)c1cc(-c3cc(-c4cc(C(C)(C)C)cc(C(C)(C)C)c4)c4oc5ccccc5c4c3)cc3c1B2c1ccc(-c2cc(C(C)(C)C)cc(C(C)(C)C)c2)cc1N3c1c(-c2ccccc2)cccc1-c1ccccc1. The van der Waals surface area contributed by atoms with Crippen molar-refractivity contribution < 1.29 is 15.4 Å². The molecular formula is C106H90BN3O. The number of hydrogen-bond donors (Lipinski definition) is 0. The zero-order valence-electron chi connectivity index (χ0n) is 72.9. The highest BCUT2D eigenvalue weighted by atomic mass is 16.3. The van der Waals surface area contributed by atoms with E-state index < -0.39 is 43.0 Å². The van der Waals surface area contributed by atoms with Crippen LogP contribution >= 0.6 is 0 Å². The number of rotatable bonds is 10. The third kappa shape index (κ3) is 11.8. The molecule has 2 aliphatic rings. The van der Waals surface area contributed by atoms with Crippen LogP contribution in [-0.4, -0.2) is 11.3 Å². The minimum Gasteiger partial charge on any atom is -0.455 e. The molecule has 15 aromatic carbocycles. The normalized spacial score (nSPS) is 14.0. The molecule has 0 N–H and O–H groups in total. The Bertz CT molecular complexity index is 6810. The van der Waals surface area contributed by atoms with Gasteiger partial charge in [0.05, 0.1) is 33.4 Å². The first-order valence-electron chi connectivity index (χ1n) is 42.7. The Hall–Kier alpha value is -12.4. The van der Waals surface area contributed by atoms with Crippen molar-refractivity contribution in [3.8, 4) is 83.6 Å². The van der Waals surface area contributed by atoms with E-state index >= 15 is 0 Å². The average molecular weight is 1440 g/mol. The van der Waals surface area contributed by atoms with Gasteiger partial charge in [0.25, 0.3) is 6.71 Å². The van der Waals surface area contributed by atoms with E-state index in [0.29, 0.717) is 5.69 Å². The first kappa shape index (κ1) is 60.5. The summed E-state index contributed by atoms with van der Waals surface area (Å²) in [4.78, 5) is 5.04. The van der Waals surface area contributed by atoms with Crippen molar-refractivity contribution in [1.82, 2.24) is 4.57 Å². The summed E-state index contributed by atoms with van der Waals surface area (Å²) < 4.78 is 85.2. The number of furan rings is 1. The Kier molecular flexibility index (Phi) is 14.2. The first-order chi connectivity index (χ1) is 56.9. The summed E-state index contributed by atoms with van der Waals surface area (Å²) in [6.07, 6.45) is 0. The smallest absolute Gasteiger partial charge is 0.252 e. The van der Waals surface area contributed by atoms with Gasteiger partial charge in [-0.3, -0.25) is 0 Å². The molecule has 17 aromatic rings. The molecule has 538 valence electrons. The molecule has 0 unspecified atom stereocenters. The third-order valence-corrected chi connectivity index (χ3v) is 23.0. The molecule has 2 aliphatic heterocycles. The average Bonchev–Trinajstić information content (AvgIpc) is 1.04. The van der Waals surface area contributed by atoms with E-state index in [1.165, 1.54) is 22.3 Å². The van der Waals surface area contributed by atoms with Gasteiger partial charge in [0.2, 0.25) is 0 Å². The Labute approximate surface area is 664 Å². The van der Waals surface area contributed by atoms with Gasteiger partial charge >= 0.3 is 0 Å². The molecule has 0 atom stereocenters. The van der Waals surface area contributed by atoms with Crippen LogP contribution < -0.4 is 26.2 Å². The standard InChI is InChI=1S/C106H90BN3O/c1-103(2,3)76-55-72(56-77(64-76)104(4,5)6)71-51-53-90-94(61-71)109(100-81(67-33-17-13-18-34-67)44-31-45-82(100)68-35-19-14-20-36-68)96-62-74(73-59-88(102-89(60-73)87-43-27-30-50-98(87)111-102)75-57-78(105(7,8)9)65-79(58-75)106(10,11)12)63-97-99(96)107(90)91-54-52-80(108-92-48-28-25-41-85(92)86-42-26-29-49-93(86)108)66-95(91)110(97)101-83(69-37-21-15-22-38-69)46-32-47-84(101)70-39-23-16-24-40-70/h13-66H,1-12H3/i25D,26D,28D,29D,41D,42D,48D,49D. The van der Waals surface area contributed by atoms with E-state index in [1.807, 2.05) is 24.3 Å². The van der Waals surface area contributed by atoms with Crippen molar-refractivity contribution in [2.45, 2.75) is 105 Å². The predicted molar refractivity (Wildman–Crippen MR) is 475 cm³/mol. The largest absolute Gasteiger partial charge is 0.455 e. The number of benzene rings is 15. The lowest BCUT2D eigenvalue weighted by Gasteiger charge is -2.46. The van der Waals surface area contributed by atoms with Crippen LogP contribution in [0.1, 0.15) is 116 Å². The number of fused-ring (bicyclic) bond motifs is 10. The van der Waals surface area contributed by atoms with Gasteiger partial charge in [0.1, 0.15) is 11.2 Å². The van der Waals surface area contributed by atoms with Crippen LogP contribution in [0.4, 0.5) is 34.1 Å². The van der Waals surface area contributed by atoms with Crippen molar-refractivity contribution >= 4 is 101 Å². The van der Waals surface area contributed by atoms with Crippen molar-refractivity contribution in [2.75, 3.05) is 9.80 Å². The number of aromatic nitrogens is 1.